The van der Waals surface area contributed by atoms with E-state index in [-0.39, 0.29) is 11.3 Å². The van der Waals surface area contributed by atoms with Crippen LogP contribution in [0, 0.1) is 10.1 Å². The summed E-state index contributed by atoms with van der Waals surface area (Å²) in [4.78, 5) is 21.1. The normalized spacial score (nSPS) is 11.1. The van der Waals surface area contributed by atoms with Gasteiger partial charge in [0.05, 0.1) is 10.3 Å². The van der Waals surface area contributed by atoms with E-state index < -0.39 is 16.3 Å². The van der Waals surface area contributed by atoms with Crippen LogP contribution < -0.4 is 0 Å². The van der Waals surface area contributed by atoms with E-state index in [1.807, 2.05) is 0 Å². The van der Waals surface area contributed by atoms with Crippen LogP contribution in [0.15, 0.2) is 24.3 Å². The minimum atomic E-state index is -1.26. The molecular weight excluding hydrogens is 198 g/mol. The molecule has 0 saturated carbocycles. The van der Waals surface area contributed by atoms with Gasteiger partial charge in [0, 0.05) is 11.6 Å². The summed E-state index contributed by atoms with van der Waals surface area (Å²) < 4.78 is 0. The smallest absolute Gasteiger partial charge is 0.313 e. The molecule has 0 spiro atoms. The molecule has 1 N–H and O–H groups in total. The predicted octanol–water partition coefficient (Wildman–Crippen LogP) is 1.96. The molecule has 1 rings (SSSR count). The lowest BCUT2D eigenvalue weighted by atomic mass is 9.84. The molecule has 5 nitrogen and oxygen atoms in total. The van der Waals surface area contributed by atoms with Gasteiger partial charge in [0.2, 0.25) is 0 Å². The van der Waals surface area contributed by atoms with Crippen molar-refractivity contribution < 1.29 is 14.8 Å². The average Bonchev–Trinajstić information content (AvgIpc) is 2.17. The van der Waals surface area contributed by atoms with Crippen molar-refractivity contribution in [1.82, 2.24) is 0 Å². The monoisotopic (exact) mass is 209 g/mol. The Labute approximate surface area is 86.5 Å². The molecule has 0 amide bonds. The average molecular weight is 209 g/mol. The van der Waals surface area contributed by atoms with E-state index in [1.165, 1.54) is 32.0 Å². The van der Waals surface area contributed by atoms with E-state index in [0.29, 0.717) is 0 Å². The second kappa shape index (κ2) is 3.68. The first-order valence-electron chi connectivity index (χ1n) is 4.34. The summed E-state index contributed by atoms with van der Waals surface area (Å²) in [5.74, 6) is -1.09. The fourth-order valence-electron chi connectivity index (χ4n) is 1.28. The third kappa shape index (κ3) is 1.96. The largest absolute Gasteiger partial charge is 0.481 e. The van der Waals surface area contributed by atoms with Gasteiger partial charge in [0.15, 0.2) is 0 Å². The standard InChI is InChI=1S/C10H11NO4/c1-10(2,9(12)13)7-5-3-4-6-8(7)11(14)15/h3-6H,1-2H3,(H,12,13). The highest BCUT2D eigenvalue weighted by atomic mass is 16.6. The maximum Gasteiger partial charge on any atom is 0.313 e. The third-order valence-electron chi connectivity index (χ3n) is 2.31. The van der Waals surface area contributed by atoms with Crippen molar-refractivity contribution >= 4 is 11.7 Å². The van der Waals surface area contributed by atoms with Crippen LogP contribution in [0.5, 0.6) is 0 Å². The van der Waals surface area contributed by atoms with Crippen LogP contribution in [0.1, 0.15) is 19.4 Å². The molecule has 1 aromatic rings. The fourth-order valence-corrected chi connectivity index (χ4v) is 1.28. The lowest BCUT2D eigenvalue weighted by Gasteiger charge is -2.18. The van der Waals surface area contributed by atoms with Crippen molar-refractivity contribution in [2.75, 3.05) is 0 Å². The van der Waals surface area contributed by atoms with Gasteiger partial charge in [-0.05, 0) is 13.8 Å². The summed E-state index contributed by atoms with van der Waals surface area (Å²) >= 11 is 0. The third-order valence-corrected chi connectivity index (χ3v) is 2.31. The van der Waals surface area contributed by atoms with Crippen LogP contribution >= 0.6 is 0 Å². The lowest BCUT2D eigenvalue weighted by molar-refractivity contribution is -0.386. The van der Waals surface area contributed by atoms with Gasteiger partial charge in [-0.15, -0.1) is 0 Å². The number of hydrogen-bond acceptors (Lipinski definition) is 3. The minimum absolute atomic E-state index is 0.162. The van der Waals surface area contributed by atoms with Crippen molar-refractivity contribution in [2.24, 2.45) is 0 Å². The number of benzene rings is 1. The zero-order chi connectivity index (χ0) is 11.6. The molecule has 0 aliphatic carbocycles. The van der Waals surface area contributed by atoms with Gasteiger partial charge in [-0.25, -0.2) is 0 Å². The quantitative estimate of drug-likeness (QED) is 0.609. The van der Waals surface area contributed by atoms with E-state index in [0.717, 1.165) is 0 Å². The van der Waals surface area contributed by atoms with Gasteiger partial charge in [-0.3, -0.25) is 14.9 Å². The topological polar surface area (TPSA) is 80.4 Å². The van der Waals surface area contributed by atoms with Crippen molar-refractivity contribution in [1.29, 1.82) is 0 Å². The number of hydrogen-bond donors (Lipinski definition) is 1. The van der Waals surface area contributed by atoms with Crippen molar-refractivity contribution in [2.45, 2.75) is 19.3 Å². The molecule has 15 heavy (non-hydrogen) atoms. The highest BCUT2D eigenvalue weighted by Crippen LogP contribution is 2.31. The summed E-state index contributed by atoms with van der Waals surface area (Å²) in [6.45, 7) is 2.88. The van der Waals surface area contributed by atoms with Crippen molar-refractivity contribution in [3.8, 4) is 0 Å². The molecule has 0 radical (unpaired) electrons. The summed E-state index contributed by atoms with van der Waals surface area (Å²) in [6.07, 6.45) is 0. The Balaban J connectivity index is 3.37. The number of carboxylic acids is 1. The molecule has 0 heterocycles. The number of aliphatic carboxylic acids is 1. The molecule has 0 unspecified atom stereocenters. The van der Waals surface area contributed by atoms with Gasteiger partial charge in [-0.2, -0.15) is 0 Å². The van der Waals surface area contributed by atoms with Crippen LogP contribution in [0.4, 0.5) is 5.69 Å². The molecule has 0 aliphatic rings. The summed E-state index contributed by atoms with van der Waals surface area (Å²) in [5, 5.41) is 19.7. The molecule has 0 fully saturated rings. The number of nitro benzene ring substituents is 1. The van der Waals surface area contributed by atoms with Gasteiger partial charge < -0.3 is 5.11 Å². The van der Waals surface area contributed by atoms with Crippen LogP contribution in [0.25, 0.3) is 0 Å². The molecular formula is C10H11NO4. The van der Waals surface area contributed by atoms with Gasteiger partial charge >= 0.3 is 5.97 Å². The van der Waals surface area contributed by atoms with Crippen LogP contribution in [0.2, 0.25) is 0 Å². The van der Waals surface area contributed by atoms with E-state index in [9.17, 15) is 14.9 Å². The first-order chi connectivity index (χ1) is 6.87. The molecule has 1 aromatic carbocycles. The first-order valence-corrected chi connectivity index (χ1v) is 4.34. The Morgan fingerprint density at radius 3 is 2.40 bits per heavy atom. The minimum Gasteiger partial charge on any atom is -0.481 e. The Bertz CT molecular complexity index is 412. The second-order valence-corrected chi connectivity index (χ2v) is 3.70. The first kappa shape index (κ1) is 11.2. The lowest BCUT2D eigenvalue weighted by Crippen LogP contribution is -2.29. The number of nitro groups is 1. The number of carbonyl (C=O) groups is 1. The predicted molar refractivity (Wildman–Crippen MR) is 53.8 cm³/mol. The SMILES string of the molecule is CC(C)(C(=O)O)c1ccccc1[N+](=O)[O-]. The zero-order valence-electron chi connectivity index (χ0n) is 8.43. The maximum absolute atomic E-state index is 11.0. The van der Waals surface area contributed by atoms with E-state index in [1.54, 1.807) is 6.07 Å². The number of carboxylic acid groups (broad SMARTS) is 1. The molecule has 0 saturated heterocycles. The van der Waals surface area contributed by atoms with E-state index in [2.05, 4.69) is 0 Å². The molecule has 5 heteroatoms. The number of nitrogens with zero attached hydrogens (tertiary/aromatic N) is 1. The molecule has 80 valence electrons. The molecule has 0 bridgehead atoms. The Kier molecular flexibility index (Phi) is 2.74. The van der Waals surface area contributed by atoms with Gasteiger partial charge in [0.1, 0.15) is 0 Å². The maximum atomic E-state index is 11.0. The molecule has 0 aliphatic heterocycles. The van der Waals surface area contributed by atoms with Crippen LogP contribution in [-0.4, -0.2) is 16.0 Å². The van der Waals surface area contributed by atoms with Gasteiger partial charge in [0.25, 0.3) is 5.69 Å². The Hall–Kier alpha value is -1.91. The van der Waals surface area contributed by atoms with E-state index in [4.69, 9.17) is 5.11 Å². The molecule has 0 aromatic heterocycles. The van der Waals surface area contributed by atoms with Crippen molar-refractivity contribution in [3.05, 3.63) is 39.9 Å². The van der Waals surface area contributed by atoms with E-state index >= 15 is 0 Å². The number of para-hydroxylation sites is 1. The summed E-state index contributed by atoms with van der Waals surface area (Å²) in [6, 6.07) is 5.87. The Morgan fingerprint density at radius 2 is 1.93 bits per heavy atom. The van der Waals surface area contributed by atoms with Crippen molar-refractivity contribution in [3.63, 3.8) is 0 Å². The van der Waals surface area contributed by atoms with Gasteiger partial charge in [-0.1, -0.05) is 18.2 Å². The fraction of sp³-hybridized carbons (Fsp3) is 0.300. The Morgan fingerprint density at radius 1 is 1.40 bits per heavy atom. The number of rotatable bonds is 3. The van der Waals surface area contributed by atoms with Crippen LogP contribution in [0.3, 0.4) is 0 Å². The summed E-state index contributed by atoms with van der Waals surface area (Å²) in [7, 11) is 0. The highest BCUT2D eigenvalue weighted by Gasteiger charge is 2.35. The van der Waals surface area contributed by atoms with Crippen LogP contribution in [-0.2, 0) is 10.2 Å². The molecule has 0 atom stereocenters. The zero-order valence-corrected chi connectivity index (χ0v) is 8.43. The second-order valence-electron chi connectivity index (χ2n) is 3.70. The summed E-state index contributed by atoms with van der Waals surface area (Å²) in [5.41, 5.74) is -1.21. The highest BCUT2D eigenvalue weighted by molar-refractivity contribution is 5.81.